The van der Waals surface area contributed by atoms with E-state index in [-0.39, 0.29) is 125 Å². The number of nitrogens with zero attached hydrogens (tertiary/aromatic N) is 1. The summed E-state index contributed by atoms with van der Waals surface area (Å²) in [5.41, 5.74) is 0.510. The highest BCUT2D eigenvalue weighted by Crippen LogP contribution is 2.35. The van der Waals surface area contributed by atoms with E-state index < -0.39 is 47.5 Å². The standard InChI is InChI=1S/C22H24ClF2NO4.C17H16ClF2NO2.CH2Cl2.2ClH.4H2S/c1-22(2,3)30-21(27)26-9-10-28-19(13-26)20(14-5-4-6-15(24)11-14)29-18-8-7-16(25)12-17(18)23;18-14-9-13(20)4-5-15(14)23-17(16-10-21-6-7-22-16)11-2-1-3-12(19)8-11;2-1-3;;;;;;/h4-8,11-12,19-20H,9-10,13H2,1-3H3;1-5,8-9,16-17,21H,6-7,10H2;1H2;2*1H;4*1H2/t19-,20-;16-,17-;;;;;;;/m00......./s1. The summed E-state index contributed by atoms with van der Waals surface area (Å²) in [6.45, 7) is 8.03. The third-order valence-electron chi connectivity index (χ3n) is 8.03. The summed E-state index contributed by atoms with van der Waals surface area (Å²) in [4.78, 5) is 14.0. The summed E-state index contributed by atoms with van der Waals surface area (Å²) in [6.07, 6.45) is -2.72. The second-order valence-electron chi connectivity index (χ2n) is 13.4. The molecule has 352 valence electrons. The van der Waals surface area contributed by atoms with Crippen LogP contribution in [0.4, 0.5) is 22.4 Å². The lowest BCUT2D eigenvalue weighted by molar-refractivity contribution is -0.0837. The van der Waals surface area contributed by atoms with Crippen molar-refractivity contribution < 1.29 is 46.0 Å². The monoisotopic (exact) mass is 1070 g/mol. The fourth-order valence-electron chi connectivity index (χ4n) is 5.63. The van der Waals surface area contributed by atoms with Crippen molar-refractivity contribution in [1.29, 1.82) is 0 Å². The van der Waals surface area contributed by atoms with Crippen LogP contribution in [0, 0.1) is 23.3 Å². The predicted molar refractivity (Wildman–Crippen MR) is 265 cm³/mol. The largest absolute Gasteiger partial charge is 0.481 e. The molecule has 0 radical (unpaired) electrons. The fraction of sp³-hybridized carbons (Fsp3) is 0.375. The number of rotatable bonds is 8. The summed E-state index contributed by atoms with van der Waals surface area (Å²) in [7, 11) is 0. The van der Waals surface area contributed by atoms with Crippen LogP contribution in [0.1, 0.15) is 44.1 Å². The maximum Gasteiger partial charge on any atom is 0.410 e. The van der Waals surface area contributed by atoms with Gasteiger partial charge in [0.2, 0.25) is 0 Å². The third kappa shape index (κ3) is 21.2. The Morgan fingerprint density at radius 1 is 0.726 bits per heavy atom. The molecule has 4 atom stereocenters. The van der Waals surface area contributed by atoms with Gasteiger partial charge in [0.05, 0.1) is 35.1 Å². The van der Waals surface area contributed by atoms with E-state index in [2.05, 4.69) is 5.32 Å². The minimum Gasteiger partial charge on any atom is -0.481 e. The Kier molecular flexibility index (Phi) is 33.6. The Morgan fingerprint density at radius 2 is 1.16 bits per heavy atom. The number of halogens is 10. The number of carbonyl (C=O) groups is 1. The number of morpholine rings is 2. The predicted octanol–water partition coefficient (Wildman–Crippen LogP) is 11.8. The molecule has 0 bridgehead atoms. The van der Waals surface area contributed by atoms with Crippen molar-refractivity contribution in [2.75, 3.05) is 44.7 Å². The number of benzene rings is 4. The van der Waals surface area contributed by atoms with Gasteiger partial charge in [0.25, 0.3) is 0 Å². The average molecular weight is 1070 g/mol. The third-order valence-corrected chi connectivity index (χ3v) is 8.62. The smallest absolute Gasteiger partial charge is 0.410 e. The minimum atomic E-state index is -0.783. The van der Waals surface area contributed by atoms with E-state index >= 15 is 0 Å². The quantitative estimate of drug-likeness (QED) is 0.139. The topological polar surface area (TPSA) is 78.5 Å². The zero-order chi connectivity index (χ0) is 40.8. The van der Waals surface area contributed by atoms with Gasteiger partial charge >= 0.3 is 6.09 Å². The summed E-state index contributed by atoms with van der Waals surface area (Å²) < 4.78 is 83.1. The molecule has 1 amide bonds. The summed E-state index contributed by atoms with van der Waals surface area (Å²) in [5.74, 6) is -1.18. The highest BCUT2D eigenvalue weighted by Gasteiger charge is 2.35. The van der Waals surface area contributed by atoms with Gasteiger partial charge in [0.1, 0.15) is 52.6 Å². The molecule has 0 unspecified atom stereocenters. The van der Waals surface area contributed by atoms with Gasteiger partial charge in [0.15, 0.2) is 12.2 Å². The molecule has 0 aliphatic carbocycles. The van der Waals surface area contributed by atoms with Crippen molar-refractivity contribution in [1.82, 2.24) is 10.2 Å². The lowest BCUT2D eigenvalue weighted by Crippen LogP contribution is -2.50. The summed E-state index contributed by atoms with van der Waals surface area (Å²) in [6, 6.07) is 19.7. The summed E-state index contributed by atoms with van der Waals surface area (Å²) >= 11 is 21.7. The number of hydrogen-bond acceptors (Lipinski definition) is 7. The van der Waals surface area contributed by atoms with Crippen LogP contribution in [0.15, 0.2) is 84.9 Å². The van der Waals surface area contributed by atoms with Crippen molar-refractivity contribution in [2.45, 2.75) is 50.8 Å². The zero-order valence-corrected chi connectivity index (χ0v) is 42.2. The number of amides is 1. The number of alkyl halides is 2. The maximum atomic E-state index is 13.9. The Labute approximate surface area is 420 Å². The molecule has 2 aliphatic heterocycles. The van der Waals surface area contributed by atoms with Crippen molar-refractivity contribution >= 4 is 131 Å². The van der Waals surface area contributed by atoms with Crippen LogP contribution >= 0.6 is 125 Å². The van der Waals surface area contributed by atoms with E-state index in [9.17, 15) is 22.4 Å². The van der Waals surface area contributed by atoms with Crippen LogP contribution in [0.3, 0.4) is 0 Å². The summed E-state index contributed by atoms with van der Waals surface area (Å²) in [5, 5.41) is 3.65. The first kappa shape index (κ1) is 64.8. The lowest BCUT2D eigenvalue weighted by Gasteiger charge is -2.37. The molecule has 22 heteroatoms. The van der Waals surface area contributed by atoms with Crippen LogP contribution in [-0.4, -0.2) is 73.5 Å². The molecule has 62 heavy (non-hydrogen) atoms. The molecule has 1 N–H and O–H groups in total. The van der Waals surface area contributed by atoms with Gasteiger partial charge in [-0.1, -0.05) is 47.5 Å². The molecular formula is C40H52Cl6F4N2O6S4. The van der Waals surface area contributed by atoms with E-state index in [1.54, 1.807) is 45.0 Å². The van der Waals surface area contributed by atoms with Crippen LogP contribution in [0.25, 0.3) is 0 Å². The van der Waals surface area contributed by atoms with Gasteiger partial charge < -0.3 is 33.9 Å². The second kappa shape index (κ2) is 32.2. The minimum absolute atomic E-state index is 0. The number of nitrogens with one attached hydrogen (secondary N) is 1. The van der Waals surface area contributed by atoms with E-state index in [1.807, 2.05) is 0 Å². The molecule has 2 aliphatic rings. The van der Waals surface area contributed by atoms with E-state index in [0.717, 1.165) is 12.6 Å². The van der Waals surface area contributed by atoms with Gasteiger partial charge in [-0.15, -0.1) is 48.0 Å². The molecule has 0 aromatic heterocycles. The average Bonchev–Trinajstić information content (AvgIpc) is 3.14. The van der Waals surface area contributed by atoms with Gasteiger partial charge in [-0.2, -0.15) is 54.0 Å². The Bertz CT molecular complexity index is 1900. The van der Waals surface area contributed by atoms with Crippen molar-refractivity contribution in [3.8, 4) is 11.5 Å². The molecular weight excluding hydrogens is 1020 g/mol. The fourth-order valence-corrected chi connectivity index (χ4v) is 6.05. The molecule has 0 saturated carbocycles. The van der Waals surface area contributed by atoms with Crippen LogP contribution < -0.4 is 14.8 Å². The zero-order valence-electron chi connectivity index (χ0n) is 33.6. The number of carbonyl (C=O) groups excluding carboxylic acids is 1. The Balaban J connectivity index is -0.000000988. The van der Waals surface area contributed by atoms with Gasteiger partial charge in [0, 0.05) is 19.6 Å². The first-order valence-corrected chi connectivity index (χ1v) is 19.3. The Morgan fingerprint density at radius 3 is 1.56 bits per heavy atom. The van der Waals surface area contributed by atoms with Gasteiger partial charge in [-0.05, 0) is 92.6 Å². The van der Waals surface area contributed by atoms with Crippen LogP contribution in [0.2, 0.25) is 10.0 Å². The number of ether oxygens (including phenoxy) is 5. The van der Waals surface area contributed by atoms with Crippen molar-refractivity contribution in [2.24, 2.45) is 0 Å². The van der Waals surface area contributed by atoms with Crippen molar-refractivity contribution in [3.63, 3.8) is 0 Å². The first-order chi connectivity index (χ1) is 26.7. The van der Waals surface area contributed by atoms with E-state index in [1.165, 1.54) is 59.5 Å². The molecule has 0 spiro atoms. The van der Waals surface area contributed by atoms with E-state index in [0.29, 0.717) is 36.6 Å². The Hall–Kier alpha value is -1.51. The molecule has 4 aromatic rings. The van der Waals surface area contributed by atoms with Gasteiger partial charge in [-0.3, -0.25) is 0 Å². The van der Waals surface area contributed by atoms with E-state index in [4.69, 9.17) is 70.1 Å². The maximum absolute atomic E-state index is 13.9. The molecule has 2 fully saturated rings. The van der Waals surface area contributed by atoms with Gasteiger partial charge in [-0.25, -0.2) is 22.4 Å². The van der Waals surface area contributed by atoms with Crippen molar-refractivity contribution in [3.05, 3.63) is 129 Å². The lowest BCUT2D eigenvalue weighted by atomic mass is 10.0. The molecule has 2 heterocycles. The molecule has 4 aromatic carbocycles. The number of hydrogen-bond donors (Lipinski definition) is 1. The molecule has 8 nitrogen and oxygen atoms in total. The SMILES string of the molecule is CC(C)(C)OC(=O)N1CCO[C@H]([C@@H](Oc2ccc(F)cc2Cl)c2cccc(F)c2)C1.Cl.Cl.ClCCl.Fc1cccc([C@H](Oc2ccc(F)cc2Cl)[C@@H]2CNCCO2)c1.S.S.S.S. The second-order valence-corrected chi connectivity index (χ2v) is 15.0. The first-order valence-electron chi connectivity index (χ1n) is 17.5. The highest BCUT2D eigenvalue weighted by molar-refractivity contribution is 7.59. The molecule has 2 saturated heterocycles. The van der Waals surface area contributed by atoms with Crippen LogP contribution in [0.5, 0.6) is 11.5 Å². The normalized spacial score (nSPS) is 16.2. The highest BCUT2D eigenvalue weighted by atomic mass is 35.5. The van der Waals surface area contributed by atoms with Crippen LogP contribution in [-0.2, 0) is 14.2 Å². The molecule has 6 rings (SSSR count).